The fraction of sp³-hybridized carbons (Fsp3) is 0.556. The Morgan fingerprint density at radius 2 is 1.92 bits per heavy atom. The average molecular weight is 327 g/mol. The van der Waals surface area contributed by atoms with Crippen LogP contribution in [0.1, 0.15) is 36.0 Å². The molecule has 0 atom stereocenters. The van der Waals surface area contributed by atoms with Gasteiger partial charge >= 0.3 is 0 Å². The number of nitrogens with zero attached hydrogens (tertiary/aromatic N) is 4. The molecular weight excluding hydrogens is 302 g/mol. The minimum absolute atomic E-state index is 0.552. The van der Waals surface area contributed by atoms with Crippen molar-refractivity contribution in [1.29, 1.82) is 0 Å². The Kier molecular flexibility index (Phi) is 4.49. The van der Waals surface area contributed by atoms with E-state index in [2.05, 4.69) is 37.1 Å². The number of fused-ring (bicyclic) bond motifs is 1. The normalized spacial score (nSPS) is 19.2. The minimum atomic E-state index is 0.552. The summed E-state index contributed by atoms with van der Waals surface area (Å²) in [6.07, 6.45) is 2.34. The Bertz CT molecular complexity index is 673. The third-order valence-corrected chi connectivity index (χ3v) is 5.17. The van der Waals surface area contributed by atoms with Crippen molar-refractivity contribution < 1.29 is 4.74 Å². The number of likely N-dealkylation sites (tertiary alicyclic amines) is 1. The monoisotopic (exact) mass is 327 g/mol. The highest BCUT2D eigenvalue weighted by Gasteiger charge is 2.26. The zero-order chi connectivity index (χ0) is 16.4. The van der Waals surface area contributed by atoms with Gasteiger partial charge in [-0.2, -0.15) is 0 Å². The number of methoxy groups -OCH3 is 1. The molecule has 1 aromatic carbocycles. The van der Waals surface area contributed by atoms with E-state index in [1.54, 1.807) is 7.11 Å². The number of benzene rings is 1. The zero-order valence-electron chi connectivity index (χ0n) is 14.2. The molecule has 1 aromatic heterocycles. The van der Waals surface area contributed by atoms with Crippen LogP contribution in [0.25, 0.3) is 0 Å². The summed E-state index contributed by atoms with van der Waals surface area (Å²) in [7, 11) is 1.71. The first-order chi connectivity index (χ1) is 11.8. The molecule has 2 aliphatic rings. The van der Waals surface area contributed by atoms with Gasteiger partial charge in [0.05, 0.1) is 13.7 Å². The van der Waals surface area contributed by atoms with Crippen molar-refractivity contribution in [2.75, 3.05) is 26.7 Å². The maximum Gasteiger partial charge on any atom is 0.147 e. The summed E-state index contributed by atoms with van der Waals surface area (Å²) in [6, 6.07) is 8.40. The number of rotatable bonds is 4. The van der Waals surface area contributed by atoms with Crippen molar-refractivity contribution in [2.24, 2.45) is 0 Å². The van der Waals surface area contributed by atoms with E-state index in [9.17, 15) is 0 Å². The molecular formula is C18H25N5O. The molecule has 3 heterocycles. The lowest BCUT2D eigenvalue weighted by Crippen LogP contribution is -2.34. The van der Waals surface area contributed by atoms with E-state index >= 15 is 0 Å². The third-order valence-electron chi connectivity index (χ3n) is 5.17. The van der Waals surface area contributed by atoms with Crippen LogP contribution in [-0.4, -0.2) is 46.4 Å². The van der Waals surface area contributed by atoms with Crippen molar-refractivity contribution in [3.05, 3.63) is 41.5 Å². The van der Waals surface area contributed by atoms with Gasteiger partial charge in [-0.3, -0.25) is 4.90 Å². The van der Waals surface area contributed by atoms with E-state index in [1.807, 2.05) is 12.1 Å². The van der Waals surface area contributed by atoms with Gasteiger partial charge in [-0.05, 0) is 43.6 Å². The van der Waals surface area contributed by atoms with Gasteiger partial charge in [0.1, 0.15) is 17.4 Å². The van der Waals surface area contributed by atoms with E-state index in [-0.39, 0.29) is 0 Å². The lowest BCUT2D eigenvalue weighted by molar-refractivity contribution is 0.199. The summed E-state index contributed by atoms with van der Waals surface area (Å²) in [6.45, 7) is 6.13. The number of nitrogens with one attached hydrogen (secondary N) is 1. The van der Waals surface area contributed by atoms with Gasteiger partial charge in [0.15, 0.2) is 0 Å². The predicted molar refractivity (Wildman–Crippen MR) is 92.0 cm³/mol. The van der Waals surface area contributed by atoms with Gasteiger partial charge in [0, 0.05) is 25.6 Å². The first-order valence-corrected chi connectivity index (χ1v) is 8.81. The standard InChI is InChI=1S/C18H25N5O/c1-24-16-4-2-14(3-5-16)13-22-9-6-15(7-10-22)18-21-20-17-12-19-8-11-23(17)18/h2-5,15,19H,6-13H2,1H3. The first-order valence-electron chi connectivity index (χ1n) is 8.81. The van der Waals surface area contributed by atoms with Gasteiger partial charge in [-0.15, -0.1) is 10.2 Å². The maximum atomic E-state index is 5.23. The largest absolute Gasteiger partial charge is 0.497 e. The molecule has 0 radical (unpaired) electrons. The van der Waals surface area contributed by atoms with Gasteiger partial charge in [-0.1, -0.05) is 12.1 Å². The highest BCUT2D eigenvalue weighted by Crippen LogP contribution is 2.28. The van der Waals surface area contributed by atoms with E-state index in [1.165, 1.54) is 24.2 Å². The number of piperidine rings is 1. The lowest BCUT2D eigenvalue weighted by Gasteiger charge is -2.32. The number of hydrogen-bond donors (Lipinski definition) is 1. The summed E-state index contributed by atoms with van der Waals surface area (Å²) < 4.78 is 7.56. The van der Waals surface area contributed by atoms with Crippen LogP contribution in [0.5, 0.6) is 5.75 Å². The van der Waals surface area contributed by atoms with Crippen LogP contribution < -0.4 is 10.1 Å². The fourth-order valence-electron chi connectivity index (χ4n) is 3.76. The Balaban J connectivity index is 1.35. The maximum absolute atomic E-state index is 5.23. The molecule has 0 amide bonds. The summed E-state index contributed by atoms with van der Waals surface area (Å²) in [5.41, 5.74) is 1.35. The van der Waals surface area contributed by atoms with Gasteiger partial charge in [0.2, 0.25) is 0 Å². The molecule has 1 fully saturated rings. The third kappa shape index (κ3) is 3.16. The molecule has 0 bridgehead atoms. The predicted octanol–water partition coefficient (Wildman–Crippen LogP) is 1.77. The van der Waals surface area contributed by atoms with Gasteiger partial charge < -0.3 is 14.6 Å². The molecule has 128 valence electrons. The highest BCUT2D eigenvalue weighted by molar-refractivity contribution is 5.27. The number of hydrogen-bond acceptors (Lipinski definition) is 5. The molecule has 0 aliphatic carbocycles. The average Bonchev–Trinajstić information content (AvgIpc) is 3.07. The van der Waals surface area contributed by atoms with Crippen LogP contribution in [0.3, 0.4) is 0 Å². The highest BCUT2D eigenvalue weighted by atomic mass is 16.5. The molecule has 2 aromatic rings. The Morgan fingerprint density at radius 1 is 1.12 bits per heavy atom. The molecule has 24 heavy (non-hydrogen) atoms. The number of aromatic nitrogens is 3. The quantitative estimate of drug-likeness (QED) is 0.927. The summed E-state index contributed by atoms with van der Waals surface area (Å²) in [4.78, 5) is 2.54. The van der Waals surface area contributed by atoms with E-state index in [4.69, 9.17) is 4.74 Å². The van der Waals surface area contributed by atoms with Gasteiger partial charge in [-0.25, -0.2) is 0 Å². The Morgan fingerprint density at radius 3 is 2.67 bits per heavy atom. The van der Waals surface area contributed by atoms with Crippen molar-refractivity contribution in [2.45, 2.75) is 38.4 Å². The second-order valence-corrected chi connectivity index (χ2v) is 6.70. The lowest BCUT2D eigenvalue weighted by atomic mass is 9.95. The van der Waals surface area contributed by atoms with Crippen LogP contribution in [0.4, 0.5) is 0 Å². The second-order valence-electron chi connectivity index (χ2n) is 6.70. The first kappa shape index (κ1) is 15.6. The molecule has 0 spiro atoms. The van der Waals surface area contributed by atoms with Crippen LogP contribution in [0, 0.1) is 0 Å². The van der Waals surface area contributed by atoms with Crippen LogP contribution >= 0.6 is 0 Å². The second kappa shape index (κ2) is 6.91. The van der Waals surface area contributed by atoms with E-state index < -0.39 is 0 Å². The molecule has 1 saturated heterocycles. The molecule has 2 aliphatic heterocycles. The van der Waals surface area contributed by atoms with Crippen molar-refractivity contribution in [3.63, 3.8) is 0 Å². The van der Waals surface area contributed by atoms with Crippen molar-refractivity contribution in [1.82, 2.24) is 25.0 Å². The fourth-order valence-corrected chi connectivity index (χ4v) is 3.76. The molecule has 6 nitrogen and oxygen atoms in total. The topological polar surface area (TPSA) is 55.2 Å². The van der Waals surface area contributed by atoms with Crippen molar-refractivity contribution in [3.8, 4) is 5.75 Å². The molecule has 0 unspecified atom stereocenters. The van der Waals surface area contributed by atoms with E-state index in [0.717, 1.165) is 50.8 Å². The Hall–Kier alpha value is -1.92. The van der Waals surface area contributed by atoms with E-state index in [0.29, 0.717) is 5.92 Å². The SMILES string of the molecule is COc1ccc(CN2CCC(c3nnc4n3CCNC4)CC2)cc1. The summed E-state index contributed by atoms with van der Waals surface area (Å²) >= 11 is 0. The molecule has 4 rings (SSSR count). The minimum Gasteiger partial charge on any atom is -0.497 e. The molecule has 1 N–H and O–H groups in total. The molecule has 6 heteroatoms. The van der Waals surface area contributed by atoms with Crippen LogP contribution in [0.15, 0.2) is 24.3 Å². The Labute approximate surface area is 142 Å². The van der Waals surface area contributed by atoms with Gasteiger partial charge in [0.25, 0.3) is 0 Å². The van der Waals surface area contributed by atoms with Crippen molar-refractivity contribution >= 4 is 0 Å². The van der Waals surface area contributed by atoms with Crippen LogP contribution in [0.2, 0.25) is 0 Å². The summed E-state index contributed by atoms with van der Waals surface area (Å²) in [5, 5.41) is 12.2. The molecule has 0 saturated carbocycles. The smallest absolute Gasteiger partial charge is 0.147 e. The number of ether oxygens (including phenoxy) is 1. The van der Waals surface area contributed by atoms with Crippen LogP contribution in [-0.2, 0) is 19.6 Å². The zero-order valence-corrected chi connectivity index (χ0v) is 14.2. The summed E-state index contributed by atoms with van der Waals surface area (Å²) in [5.74, 6) is 3.77.